The fraction of sp³-hybridized carbons (Fsp3) is 0.429. The van der Waals surface area contributed by atoms with E-state index in [4.69, 9.17) is 0 Å². The Hall–Kier alpha value is -0.920. The van der Waals surface area contributed by atoms with Gasteiger partial charge in [-0.05, 0) is 0 Å². The molecule has 0 aromatic heterocycles. The van der Waals surface area contributed by atoms with Gasteiger partial charge in [0.2, 0.25) is 0 Å². The van der Waals surface area contributed by atoms with Gasteiger partial charge in [0.25, 0.3) is 0 Å². The molecular weight excluding hydrogens is 112 g/mol. The summed E-state index contributed by atoms with van der Waals surface area (Å²) in [4.78, 5) is 7.80. The van der Waals surface area contributed by atoms with E-state index in [2.05, 4.69) is 16.6 Å². The zero-order valence-corrected chi connectivity index (χ0v) is 5.75. The lowest BCUT2D eigenvalue weighted by Gasteiger charge is -1.82. The van der Waals surface area contributed by atoms with E-state index >= 15 is 0 Å². The van der Waals surface area contributed by atoms with Crippen LogP contribution in [0.25, 0.3) is 0 Å². The lowest BCUT2D eigenvalue weighted by molar-refractivity contribution is 1.06. The Labute approximate surface area is 56.0 Å². The molecule has 0 aromatic carbocycles. The average molecular weight is 124 g/mol. The second kappa shape index (κ2) is 7.08. The van der Waals surface area contributed by atoms with Crippen molar-refractivity contribution in [2.24, 2.45) is 9.98 Å². The maximum absolute atomic E-state index is 3.99. The van der Waals surface area contributed by atoms with Crippen molar-refractivity contribution in [3.8, 4) is 0 Å². The van der Waals surface area contributed by atoms with Gasteiger partial charge >= 0.3 is 0 Å². The smallest absolute Gasteiger partial charge is 0.0438 e. The zero-order chi connectivity index (χ0) is 6.95. The average Bonchev–Trinajstić information content (AvgIpc) is 1.89. The molecule has 0 rings (SSSR count). The van der Waals surface area contributed by atoms with Crippen molar-refractivity contribution in [1.82, 2.24) is 0 Å². The summed E-state index contributed by atoms with van der Waals surface area (Å²) in [6.45, 7) is 4.30. The lowest BCUT2D eigenvalue weighted by atomic mass is 10.5. The van der Waals surface area contributed by atoms with Crippen molar-refractivity contribution in [3.05, 3.63) is 12.7 Å². The Kier molecular flexibility index (Phi) is 6.36. The predicted molar refractivity (Wildman–Crippen MR) is 42.6 cm³/mol. The number of hydrogen-bond donors (Lipinski definition) is 0. The van der Waals surface area contributed by atoms with Crippen LogP contribution in [0.2, 0.25) is 0 Å². The number of rotatable bonds is 4. The zero-order valence-electron chi connectivity index (χ0n) is 5.75. The first-order valence-corrected chi connectivity index (χ1v) is 2.93. The van der Waals surface area contributed by atoms with E-state index in [1.54, 1.807) is 19.3 Å². The minimum atomic E-state index is 0.809. The molecule has 0 unspecified atom stereocenters. The predicted octanol–water partition coefficient (Wildman–Crippen LogP) is 1.33. The first-order chi connectivity index (χ1) is 4.41. The molecule has 0 atom stereocenters. The molecule has 0 amide bonds. The van der Waals surface area contributed by atoms with Crippen molar-refractivity contribution in [1.29, 1.82) is 0 Å². The molecule has 2 heteroatoms. The molecule has 0 aliphatic heterocycles. The quantitative estimate of drug-likeness (QED) is 0.399. The summed E-state index contributed by atoms with van der Waals surface area (Å²) < 4.78 is 0. The Morgan fingerprint density at radius 1 is 1.56 bits per heavy atom. The lowest BCUT2D eigenvalue weighted by Crippen LogP contribution is -1.81. The van der Waals surface area contributed by atoms with Crippen molar-refractivity contribution in [2.75, 3.05) is 13.6 Å². The molecule has 0 heterocycles. The third-order valence-corrected chi connectivity index (χ3v) is 0.781. The molecule has 0 saturated carbocycles. The number of aliphatic imine (C=N–C) groups is 2. The van der Waals surface area contributed by atoms with Gasteiger partial charge in [-0.2, -0.15) is 0 Å². The largest absolute Gasteiger partial charge is 0.301 e. The number of allylic oxidation sites excluding steroid dienone is 1. The van der Waals surface area contributed by atoms with Crippen LogP contribution in [-0.4, -0.2) is 26.0 Å². The van der Waals surface area contributed by atoms with Crippen LogP contribution in [0.1, 0.15) is 6.42 Å². The first-order valence-electron chi connectivity index (χ1n) is 2.93. The van der Waals surface area contributed by atoms with E-state index in [0.717, 1.165) is 13.0 Å². The molecule has 2 nitrogen and oxygen atoms in total. The molecule has 0 fully saturated rings. The highest BCUT2D eigenvalue weighted by molar-refractivity contribution is 5.70. The van der Waals surface area contributed by atoms with E-state index in [0.29, 0.717) is 0 Å². The standard InChI is InChI=1S/C7H12N2/c1-3-5-9-7-4-6-8-2/h3,5-6H,1,4,7H2,2H3. The molecule has 0 aliphatic carbocycles. The molecule has 50 valence electrons. The van der Waals surface area contributed by atoms with Gasteiger partial charge in [-0.25, -0.2) is 0 Å². The molecule has 0 spiro atoms. The Morgan fingerprint density at radius 2 is 2.33 bits per heavy atom. The van der Waals surface area contributed by atoms with Crippen LogP contribution in [-0.2, 0) is 0 Å². The Bertz CT molecular complexity index is 114. The second-order valence-corrected chi connectivity index (χ2v) is 1.52. The maximum atomic E-state index is 3.99. The summed E-state index contributed by atoms with van der Waals surface area (Å²) in [5.74, 6) is 0. The molecule has 9 heavy (non-hydrogen) atoms. The van der Waals surface area contributed by atoms with Gasteiger partial charge in [0.1, 0.15) is 0 Å². The van der Waals surface area contributed by atoms with Gasteiger partial charge < -0.3 is 4.99 Å². The molecule has 0 bridgehead atoms. The third-order valence-electron chi connectivity index (χ3n) is 0.781. The van der Waals surface area contributed by atoms with Crippen LogP contribution in [0.5, 0.6) is 0 Å². The Morgan fingerprint density at radius 3 is 2.89 bits per heavy atom. The van der Waals surface area contributed by atoms with E-state index in [1.165, 1.54) is 0 Å². The van der Waals surface area contributed by atoms with E-state index in [9.17, 15) is 0 Å². The molecule has 0 saturated heterocycles. The summed E-state index contributed by atoms with van der Waals surface area (Å²) >= 11 is 0. The number of nitrogens with zero attached hydrogens (tertiary/aromatic N) is 2. The van der Waals surface area contributed by atoms with Gasteiger partial charge in [-0.1, -0.05) is 12.7 Å². The highest BCUT2D eigenvalue weighted by atomic mass is 14.7. The molecule has 0 N–H and O–H groups in total. The summed E-state index contributed by atoms with van der Waals surface area (Å²) in [6.07, 6.45) is 6.13. The summed E-state index contributed by atoms with van der Waals surface area (Å²) in [6, 6.07) is 0. The van der Waals surface area contributed by atoms with E-state index in [1.807, 2.05) is 6.21 Å². The summed E-state index contributed by atoms with van der Waals surface area (Å²) in [7, 11) is 1.76. The molecule has 0 aliphatic rings. The molecular formula is C7H12N2. The Balaban J connectivity index is 3.08. The van der Waals surface area contributed by atoms with Crippen LogP contribution in [0.3, 0.4) is 0 Å². The normalized spacial score (nSPS) is 11.2. The third kappa shape index (κ3) is 7.08. The van der Waals surface area contributed by atoms with Gasteiger partial charge in [-0.3, -0.25) is 4.99 Å². The molecule has 0 radical (unpaired) electrons. The van der Waals surface area contributed by atoms with Crippen molar-refractivity contribution < 1.29 is 0 Å². The maximum Gasteiger partial charge on any atom is 0.0438 e. The van der Waals surface area contributed by atoms with Gasteiger partial charge in [0.15, 0.2) is 0 Å². The molecule has 0 aromatic rings. The van der Waals surface area contributed by atoms with Crippen LogP contribution in [0, 0.1) is 0 Å². The SMILES string of the molecule is C=CC=NCCC=NC. The fourth-order valence-electron chi connectivity index (χ4n) is 0.410. The summed E-state index contributed by atoms with van der Waals surface area (Å²) in [5.41, 5.74) is 0. The van der Waals surface area contributed by atoms with Crippen molar-refractivity contribution >= 4 is 12.4 Å². The first kappa shape index (κ1) is 8.08. The minimum Gasteiger partial charge on any atom is -0.301 e. The highest BCUT2D eigenvalue weighted by Crippen LogP contribution is 1.74. The minimum absolute atomic E-state index is 0.809. The van der Waals surface area contributed by atoms with Crippen LogP contribution >= 0.6 is 0 Å². The second-order valence-electron chi connectivity index (χ2n) is 1.52. The van der Waals surface area contributed by atoms with Crippen LogP contribution in [0.15, 0.2) is 22.6 Å². The van der Waals surface area contributed by atoms with Gasteiger partial charge in [0.05, 0.1) is 0 Å². The summed E-state index contributed by atoms with van der Waals surface area (Å²) in [5, 5.41) is 0. The number of hydrogen-bond acceptors (Lipinski definition) is 2. The van der Waals surface area contributed by atoms with E-state index in [-0.39, 0.29) is 0 Å². The van der Waals surface area contributed by atoms with Crippen molar-refractivity contribution in [3.63, 3.8) is 0 Å². The highest BCUT2D eigenvalue weighted by Gasteiger charge is 1.72. The van der Waals surface area contributed by atoms with Crippen molar-refractivity contribution in [2.45, 2.75) is 6.42 Å². The van der Waals surface area contributed by atoms with Crippen LogP contribution < -0.4 is 0 Å². The fourth-order valence-corrected chi connectivity index (χ4v) is 0.410. The topological polar surface area (TPSA) is 24.7 Å². The van der Waals surface area contributed by atoms with Gasteiger partial charge in [0, 0.05) is 32.4 Å². The monoisotopic (exact) mass is 124 g/mol. The van der Waals surface area contributed by atoms with Crippen LogP contribution in [0.4, 0.5) is 0 Å². The van der Waals surface area contributed by atoms with Gasteiger partial charge in [-0.15, -0.1) is 0 Å². The van der Waals surface area contributed by atoms with E-state index < -0.39 is 0 Å².